The molecule has 0 radical (unpaired) electrons. The van der Waals surface area contributed by atoms with Crippen molar-refractivity contribution in [1.82, 2.24) is 0 Å². The lowest BCUT2D eigenvalue weighted by atomic mass is 9.82. The number of aryl methyl sites for hydroxylation is 1. The summed E-state index contributed by atoms with van der Waals surface area (Å²) in [4.78, 5) is 0. The van der Waals surface area contributed by atoms with Gasteiger partial charge in [-0.2, -0.15) is 0 Å². The zero-order chi connectivity index (χ0) is 27.8. The molecule has 0 aliphatic rings. The van der Waals surface area contributed by atoms with Crippen LogP contribution in [-0.2, 0) is 0 Å². The van der Waals surface area contributed by atoms with Crippen molar-refractivity contribution in [3.8, 4) is 44.5 Å². The predicted octanol–water partition coefficient (Wildman–Crippen LogP) is 11.6. The van der Waals surface area contributed by atoms with E-state index in [0.29, 0.717) is 0 Å². The zero-order valence-electron chi connectivity index (χ0n) is 23.1. The van der Waals surface area contributed by atoms with E-state index in [1.54, 1.807) is 0 Å². The molecule has 0 unspecified atom stereocenters. The molecule has 7 rings (SSSR count). The molecule has 194 valence electrons. The van der Waals surface area contributed by atoms with Gasteiger partial charge in [0.15, 0.2) is 0 Å². The van der Waals surface area contributed by atoms with Gasteiger partial charge in [0.2, 0.25) is 0 Å². The van der Waals surface area contributed by atoms with Crippen molar-refractivity contribution in [2.75, 3.05) is 0 Å². The summed E-state index contributed by atoms with van der Waals surface area (Å²) in [6.45, 7) is 6.22. The molecule has 0 aliphatic carbocycles. The van der Waals surface area contributed by atoms with Crippen molar-refractivity contribution in [2.24, 2.45) is 0 Å². The van der Waals surface area contributed by atoms with E-state index in [-0.39, 0.29) is 0 Å². The summed E-state index contributed by atoms with van der Waals surface area (Å²) >= 11 is 0. The van der Waals surface area contributed by atoms with Crippen molar-refractivity contribution in [3.05, 3.63) is 163 Å². The van der Waals surface area contributed by atoms with Gasteiger partial charge in [0.1, 0.15) is 0 Å². The van der Waals surface area contributed by atoms with Gasteiger partial charge in [-0.3, -0.25) is 0 Å². The van der Waals surface area contributed by atoms with E-state index in [1.165, 1.54) is 77.2 Å². The third-order valence-electron chi connectivity index (χ3n) is 8.22. The molecule has 0 spiro atoms. The Morgan fingerprint density at radius 2 is 0.878 bits per heavy atom. The molecule has 7 aromatic rings. The predicted molar refractivity (Wildman–Crippen MR) is 178 cm³/mol. The van der Waals surface area contributed by atoms with Crippen molar-refractivity contribution >= 4 is 27.6 Å². The summed E-state index contributed by atoms with van der Waals surface area (Å²) in [5.41, 5.74) is 12.3. The number of hydrogen-bond donors (Lipinski definition) is 0. The molecule has 0 nitrogen and oxygen atoms in total. The van der Waals surface area contributed by atoms with Gasteiger partial charge in [-0.05, 0) is 90.2 Å². The van der Waals surface area contributed by atoms with Crippen LogP contribution in [0, 0.1) is 6.92 Å². The van der Waals surface area contributed by atoms with E-state index in [0.717, 1.165) is 0 Å². The minimum Gasteiger partial charge on any atom is -0.0985 e. The summed E-state index contributed by atoms with van der Waals surface area (Å²) in [5.74, 6) is 0. The highest BCUT2D eigenvalue weighted by Crippen LogP contribution is 2.47. The summed E-state index contributed by atoms with van der Waals surface area (Å²) < 4.78 is 0. The number of benzene rings is 7. The number of fused-ring (bicyclic) bond motifs is 2. The molecular formula is C41H30. The first-order chi connectivity index (χ1) is 20.2. The maximum absolute atomic E-state index is 4.07. The fourth-order valence-electron chi connectivity index (χ4n) is 6.27. The van der Waals surface area contributed by atoms with Crippen LogP contribution < -0.4 is 0 Å². The molecule has 0 saturated heterocycles. The van der Waals surface area contributed by atoms with E-state index in [1.807, 2.05) is 6.08 Å². The van der Waals surface area contributed by atoms with Crippen molar-refractivity contribution in [1.29, 1.82) is 0 Å². The fourth-order valence-corrected chi connectivity index (χ4v) is 6.27. The zero-order valence-corrected chi connectivity index (χ0v) is 23.1. The molecule has 0 heteroatoms. The van der Waals surface area contributed by atoms with E-state index in [4.69, 9.17) is 0 Å². The minimum absolute atomic E-state index is 1.17. The molecule has 0 heterocycles. The maximum Gasteiger partial charge on any atom is -0.00201 e. The second-order valence-electron chi connectivity index (χ2n) is 10.6. The third-order valence-corrected chi connectivity index (χ3v) is 8.22. The molecule has 0 amide bonds. The molecule has 0 saturated carbocycles. The van der Waals surface area contributed by atoms with Crippen molar-refractivity contribution in [3.63, 3.8) is 0 Å². The highest BCUT2D eigenvalue weighted by atomic mass is 14.2. The highest BCUT2D eigenvalue weighted by Gasteiger charge is 2.20. The van der Waals surface area contributed by atoms with E-state index >= 15 is 0 Å². The molecule has 0 aliphatic heterocycles. The maximum atomic E-state index is 4.07. The van der Waals surface area contributed by atoms with Crippen LogP contribution >= 0.6 is 0 Å². The second kappa shape index (κ2) is 10.4. The SMILES string of the molecule is C=Cc1cc(-c2c3ccccc3c(-c3ccccc3-c3ccccc3-c3ccccc3)c3ccccc23)ccc1C. The average molecular weight is 523 g/mol. The molecule has 7 aromatic carbocycles. The van der Waals surface area contributed by atoms with Gasteiger partial charge in [-0.1, -0.05) is 152 Å². The van der Waals surface area contributed by atoms with Crippen LogP contribution in [0.25, 0.3) is 72.1 Å². The summed E-state index contributed by atoms with van der Waals surface area (Å²) in [6, 6.07) is 52.8. The first kappa shape index (κ1) is 24.8. The van der Waals surface area contributed by atoms with Gasteiger partial charge >= 0.3 is 0 Å². The van der Waals surface area contributed by atoms with Gasteiger partial charge in [0.25, 0.3) is 0 Å². The van der Waals surface area contributed by atoms with Crippen molar-refractivity contribution in [2.45, 2.75) is 6.92 Å². The largest absolute Gasteiger partial charge is 0.0985 e. The Morgan fingerprint density at radius 1 is 0.415 bits per heavy atom. The Morgan fingerprint density at radius 3 is 1.46 bits per heavy atom. The molecule has 0 bridgehead atoms. The first-order valence-corrected chi connectivity index (χ1v) is 14.2. The molecule has 41 heavy (non-hydrogen) atoms. The van der Waals surface area contributed by atoms with E-state index < -0.39 is 0 Å². The lowest BCUT2D eigenvalue weighted by Crippen LogP contribution is -1.94. The number of hydrogen-bond acceptors (Lipinski definition) is 0. The van der Waals surface area contributed by atoms with Crippen molar-refractivity contribution < 1.29 is 0 Å². The standard InChI is InChI=1S/C41H30/c1-3-29-27-31(26-25-28(29)2)40-36-21-11-13-23-38(36)41(39-24-14-12-22-37(39)40)35-20-10-9-19-34(35)33-18-8-7-17-32(33)30-15-5-4-6-16-30/h3-27H,1H2,2H3. The molecular weight excluding hydrogens is 492 g/mol. The Labute approximate surface area is 241 Å². The Hall–Kier alpha value is -5.20. The van der Waals surface area contributed by atoms with Gasteiger partial charge in [-0.15, -0.1) is 0 Å². The lowest BCUT2D eigenvalue weighted by molar-refractivity contribution is 1.45. The van der Waals surface area contributed by atoms with Gasteiger partial charge in [0, 0.05) is 0 Å². The fraction of sp³-hybridized carbons (Fsp3) is 0.0244. The van der Waals surface area contributed by atoms with Crippen LogP contribution in [0.3, 0.4) is 0 Å². The smallest absolute Gasteiger partial charge is 0.00201 e. The van der Waals surface area contributed by atoms with E-state index in [2.05, 4.69) is 159 Å². The Bertz CT molecular complexity index is 2000. The van der Waals surface area contributed by atoms with Crippen LogP contribution in [0.15, 0.2) is 152 Å². The summed E-state index contributed by atoms with van der Waals surface area (Å²) in [7, 11) is 0. The van der Waals surface area contributed by atoms with Crippen LogP contribution in [0.5, 0.6) is 0 Å². The van der Waals surface area contributed by atoms with Crippen LogP contribution in [0.2, 0.25) is 0 Å². The topological polar surface area (TPSA) is 0 Å². The van der Waals surface area contributed by atoms with Crippen LogP contribution in [-0.4, -0.2) is 0 Å². The Kier molecular flexibility index (Phi) is 6.30. The molecule has 0 atom stereocenters. The lowest BCUT2D eigenvalue weighted by Gasteiger charge is -2.21. The van der Waals surface area contributed by atoms with Crippen LogP contribution in [0.1, 0.15) is 11.1 Å². The monoisotopic (exact) mass is 522 g/mol. The third kappa shape index (κ3) is 4.26. The first-order valence-electron chi connectivity index (χ1n) is 14.2. The highest BCUT2D eigenvalue weighted by molar-refractivity contribution is 6.22. The van der Waals surface area contributed by atoms with Gasteiger partial charge < -0.3 is 0 Å². The van der Waals surface area contributed by atoms with Gasteiger partial charge in [-0.25, -0.2) is 0 Å². The molecule has 0 N–H and O–H groups in total. The second-order valence-corrected chi connectivity index (χ2v) is 10.6. The molecule has 0 aromatic heterocycles. The summed E-state index contributed by atoms with van der Waals surface area (Å²) in [6.07, 6.45) is 1.96. The van der Waals surface area contributed by atoms with E-state index in [9.17, 15) is 0 Å². The van der Waals surface area contributed by atoms with Gasteiger partial charge in [0.05, 0.1) is 0 Å². The number of rotatable bonds is 5. The molecule has 0 fully saturated rings. The Balaban J connectivity index is 1.57. The summed E-state index contributed by atoms with van der Waals surface area (Å²) in [5, 5.41) is 5.02. The quantitative estimate of drug-likeness (QED) is 0.197. The normalized spacial score (nSPS) is 11.1. The van der Waals surface area contributed by atoms with Crippen LogP contribution in [0.4, 0.5) is 0 Å². The average Bonchev–Trinajstić information content (AvgIpc) is 3.04. The minimum atomic E-state index is 1.17.